The summed E-state index contributed by atoms with van der Waals surface area (Å²) in [5.74, 6) is -0.533. The van der Waals surface area contributed by atoms with Gasteiger partial charge in [0, 0.05) is 12.7 Å². The van der Waals surface area contributed by atoms with Gasteiger partial charge in [0.2, 0.25) is 5.91 Å². The molecule has 0 unspecified atom stereocenters. The van der Waals surface area contributed by atoms with Crippen LogP contribution in [0, 0.1) is 0 Å². The van der Waals surface area contributed by atoms with Crippen LogP contribution in [0.3, 0.4) is 0 Å². The van der Waals surface area contributed by atoms with Gasteiger partial charge in [0.25, 0.3) is 0 Å². The quantitative estimate of drug-likeness (QED) is 0.776. The maximum Gasteiger partial charge on any atom is 0.244 e. The summed E-state index contributed by atoms with van der Waals surface area (Å²) in [4.78, 5) is 13.5. The van der Waals surface area contributed by atoms with Crippen molar-refractivity contribution in [1.82, 2.24) is 0 Å². The number of rotatable bonds is 5. The van der Waals surface area contributed by atoms with E-state index in [0.29, 0.717) is 5.69 Å². The van der Waals surface area contributed by atoms with E-state index in [1.54, 1.807) is 50.4 Å². The number of carbonyl (C=O) groups is 1. The molecule has 0 aliphatic heterocycles. The Morgan fingerprint density at radius 1 is 1.32 bits per heavy atom. The lowest BCUT2D eigenvalue weighted by Gasteiger charge is -2.21. The van der Waals surface area contributed by atoms with Crippen LogP contribution in [0.5, 0.6) is 0 Å². The van der Waals surface area contributed by atoms with Crippen LogP contribution in [0.1, 0.15) is 13.8 Å². The van der Waals surface area contributed by atoms with E-state index in [-0.39, 0.29) is 5.75 Å². The average Bonchev–Trinajstić information content (AvgIpc) is 2.43. The first kappa shape index (κ1) is 15.4. The Kier molecular flexibility index (Phi) is 5.30. The molecule has 0 saturated carbocycles. The van der Waals surface area contributed by atoms with Crippen molar-refractivity contribution in [2.75, 3.05) is 17.7 Å². The van der Waals surface area contributed by atoms with Crippen LogP contribution in [-0.4, -0.2) is 32.4 Å². The minimum absolute atomic E-state index is 0.112. The fourth-order valence-corrected chi connectivity index (χ4v) is 2.79. The van der Waals surface area contributed by atoms with Crippen molar-refractivity contribution in [3.8, 4) is 0 Å². The highest BCUT2D eigenvalue weighted by Gasteiger charge is 2.29. The van der Waals surface area contributed by atoms with Gasteiger partial charge >= 0.3 is 0 Å². The summed E-state index contributed by atoms with van der Waals surface area (Å²) in [6.45, 7) is 3.18. The number of anilines is 1. The minimum atomic E-state index is -3.45. The van der Waals surface area contributed by atoms with Crippen LogP contribution in [0.25, 0.3) is 0 Å². The fourth-order valence-electron chi connectivity index (χ4n) is 1.58. The molecule has 5 heteroatoms. The number of amides is 1. The zero-order chi connectivity index (χ0) is 14.5. The molecule has 1 rings (SSSR count). The molecular formula is C14H19NO3S. The zero-order valence-corrected chi connectivity index (χ0v) is 12.2. The SMILES string of the molecule is C/C=C\CS(=O)(=O)[C@H](C)C(=O)N(C)c1ccccc1. The normalized spacial score (nSPS) is 13.4. The number of hydrogen-bond donors (Lipinski definition) is 0. The lowest BCUT2D eigenvalue weighted by molar-refractivity contribution is -0.117. The molecule has 0 aromatic heterocycles. The molecule has 0 heterocycles. The number of nitrogens with zero attached hydrogens (tertiary/aromatic N) is 1. The van der Waals surface area contributed by atoms with E-state index < -0.39 is 21.0 Å². The van der Waals surface area contributed by atoms with Gasteiger partial charge in [-0.1, -0.05) is 30.4 Å². The number of hydrogen-bond acceptors (Lipinski definition) is 3. The Labute approximate surface area is 114 Å². The van der Waals surface area contributed by atoms with Gasteiger partial charge in [-0.05, 0) is 26.0 Å². The molecule has 1 aromatic carbocycles. The molecule has 1 amide bonds. The lowest BCUT2D eigenvalue weighted by Crippen LogP contribution is -2.40. The third-order valence-electron chi connectivity index (χ3n) is 2.92. The number of allylic oxidation sites excluding steroid dienone is 1. The number of sulfone groups is 1. The fraction of sp³-hybridized carbons (Fsp3) is 0.357. The molecule has 1 aromatic rings. The van der Waals surface area contributed by atoms with Crippen LogP contribution < -0.4 is 4.90 Å². The Balaban J connectivity index is 2.89. The van der Waals surface area contributed by atoms with Crippen molar-refractivity contribution < 1.29 is 13.2 Å². The molecule has 1 atom stereocenters. The molecule has 0 radical (unpaired) electrons. The summed E-state index contributed by atoms with van der Waals surface area (Å²) in [5, 5.41) is -1.05. The van der Waals surface area contributed by atoms with E-state index in [4.69, 9.17) is 0 Å². The molecule has 104 valence electrons. The molecule has 0 fully saturated rings. The number of carbonyl (C=O) groups excluding carboxylic acids is 1. The Bertz CT molecular complexity index is 549. The van der Waals surface area contributed by atoms with Gasteiger partial charge in [-0.2, -0.15) is 0 Å². The predicted octanol–water partition coefficient (Wildman–Crippen LogP) is 2.03. The minimum Gasteiger partial charge on any atom is -0.314 e. The Morgan fingerprint density at radius 2 is 1.89 bits per heavy atom. The number of benzene rings is 1. The van der Waals surface area contributed by atoms with Gasteiger partial charge in [-0.3, -0.25) is 4.79 Å². The highest BCUT2D eigenvalue weighted by Crippen LogP contribution is 2.15. The summed E-state index contributed by atoms with van der Waals surface area (Å²) in [5.41, 5.74) is 0.681. The maximum absolute atomic E-state index is 12.2. The number of para-hydroxylation sites is 1. The molecule has 0 spiro atoms. The van der Waals surface area contributed by atoms with Gasteiger partial charge in [0.15, 0.2) is 9.84 Å². The van der Waals surface area contributed by atoms with Crippen molar-refractivity contribution in [3.05, 3.63) is 42.5 Å². The second-order valence-electron chi connectivity index (χ2n) is 4.27. The summed E-state index contributed by atoms with van der Waals surface area (Å²) < 4.78 is 23.9. The van der Waals surface area contributed by atoms with E-state index >= 15 is 0 Å². The molecule has 19 heavy (non-hydrogen) atoms. The van der Waals surface area contributed by atoms with E-state index in [9.17, 15) is 13.2 Å². The first-order valence-electron chi connectivity index (χ1n) is 6.05. The molecule has 4 nitrogen and oxygen atoms in total. The monoisotopic (exact) mass is 281 g/mol. The van der Waals surface area contributed by atoms with Gasteiger partial charge in [-0.25, -0.2) is 8.42 Å². The first-order chi connectivity index (χ1) is 8.90. The van der Waals surface area contributed by atoms with Gasteiger partial charge in [-0.15, -0.1) is 0 Å². The third-order valence-corrected chi connectivity index (χ3v) is 4.86. The van der Waals surface area contributed by atoms with Gasteiger partial charge in [0.05, 0.1) is 5.75 Å². The van der Waals surface area contributed by atoms with Crippen LogP contribution in [0.15, 0.2) is 42.5 Å². The third kappa shape index (κ3) is 3.92. The van der Waals surface area contributed by atoms with Crippen molar-refractivity contribution >= 4 is 21.4 Å². The molecule has 0 bridgehead atoms. The second kappa shape index (κ2) is 6.52. The van der Waals surface area contributed by atoms with Crippen LogP contribution in [0.2, 0.25) is 0 Å². The second-order valence-corrected chi connectivity index (χ2v) is 6.64. The smallest absolute Gasteiger partial charge is 0.244 e. The topological polar surface area (TPSA) is 54.5 Å². The summed E-state index contributed by atoms with van der Waals surface area (Å²) in [6.07, 6.45) is 3.21. The van der Waals surface area contributed by atoms with E-state index in [0.717, 1.165) is 0 Å². The van der Waals surface area contributed by atoms with E-state index in [1.165, 1.54) is 11.8 Å². The highest BCUT2D eigenvalue weighted by molar-refractivity contribution is 7.92. The predicted molar refractivity (Wildman–Crippen MR) is 77.9 cm³/mol. The van der Waals surface area contributed by atoms with Gasteiger partial charge < -0.3 is 4.90 Å². The lowest BCUT2D eigenvalue weighted by atomic mass is 10.3. The van der Waals surface area contributed by atoms with Gasteiger partial charge in [0.1, 0.15) is 5.25 Å². The molecule has 0 saturated heterocycles. The van der Waals surface area contributed by atoms with Crippen LogP contribution in [0.4, 0.5) is 5.69 Å². The van der Waals surface area contributed by atoms with Crippen molar-refractivity contribution in [2.45, 2.75) is 19.1 Å². The first-order valence-corrected chi connectivity index (χ1v) is 7.77. The average molecular weight is 281 g/mol. The maximum atomic E-state index is 12.2. The standard InChI is InChI=1S/C14H19NO3S/c1-4-5-11-19(17,18)12(2)14(16)15(3)13-9-7-6-8-10-13/h4-10,12H,11H2,1-3H3/b5-4-/t12-/m1/s1. The molecule has 0 aliphatic rings. The van der Waals surface area contributed by atoms with Crippen LogP contribution in [-0.2, 0) is 14.6 Å². The molecular weight excluding hydrogens is 262 g/mol. The van der Waals surface area contributed by atoms with E-state index in [1.807, 2.05) is 6.07 Å². The zero-order valence-electron chi connectivity index (χ0n) is 11.4. The van der Waals surface area contributed by atoms with Crippen LogP contribution >= 0.6 is 0 Å². The Morgan fingerprint density at radius 3 is 2.42 bits per heavy atom. The molecule has 0 aliphatic carbocycles. The highest BCUT2D eigenvalue weighted by atomic mass is 32.2. The summed E-state index contributed by atoms with van der Waals surface area (Å²) >= 11 is 0. The van der Waals surface area contributed by atoms with E-state index in [2.05, 4.69) is 0 Å². The molecule has 0 N–H and O–H groups in total. The Hall–Kier alpha value is -1.62. The van der Waals surface area contributed by atoms with Crippen molar-refractivity contribution in [3.63, 3.8) is 0 Å². The largest absolute Gasteiger partial charge is 0.314 e. The summed E-state index contributed by atoms with van der Waals surface area (Å²) in [6, 6.07) is 8.98. The van der Waals surface area contributed by atoms with Crippen molar-refractivity contribution in [2.24, 2.45) is 0 Å². The summed E-state index contributed by atoms with van der Waals surface area (Å²) in [7, 11) is -1.87. The van der Waals surface area contributed by atoms with Crippen molar-refractivity contribution in [1.29, 1.82) is 0 Å².